The fraction of sp³-hybridized carbons (Fsp3) is 0.333. The first-order chi connectivity index (χ1) is 7.36. The van der Waals surface area contributed by atoms with Crippen molar-refractivity contribution >= 4 is 12.3 Å². The highest BCUT2D eigenvalue weighted by Crippen LogP contribution is 2.24. The zero-order chi connectivity index (χ0) is 12.3. The Kier molecular flexibility index (Phi) is 3.42. The van der Waals surface area contributed by atoms with Crippen molar-refractivity contribution in [2.24, 2.45) is 5.41 Å². The minimum atomic E-state index is -1.02. The first-order valence-corrected chi connectivity index (χ1v) is 4.84. The van der Waals surface area contributed by atoms with E-state index in [4.69, 9.17) is 5.11 Å². The van der Waals surface area contributed by atoms with Crippen molar-refractivity contribution in [3.05, 3.63) is 35.1 Å². The Labute approximate surface area is 92.9 Å². The fourth-order valence-corrected chi connectivity index (χ4v) is 1.39. The van der Waals surface area contributed by atoms with Gasteiger partial charge < -0.3 is 5.11 Å². The molecule has 0 saturated heterocycles. The number of carbonyl (C=O) groups is 2. The van der Waals surface area contributed by atoms with Gasteiger partial charge in [0.1, 0.15) is 12.1 Å². The maximum Gasteiger partial charge on any atom is 0.309 e. The summed E-state index contributed by atoms with van der Waals surface area (Å²) in [6.45, 7) is 3.07. The average molecular weight is 224 g/mol. The van der Waals surface area contributed by atoms with Gasteiger partial charge in [-0.1, -0.05) is 0 Å². The predicted octanol–water partition coefficient (Wildman–Crippen LogP) is 2.29. The van der Waals surface area contributed by atoms with E-state index in [1.807, 2.05) is 0 Å². The molecule has 0 radical (unpaired) electrons. The molecule has 0 aliphatic rings. The second kappa shape index (κ2) is 4.43. The number of aldehydes is 1. The number of carbonyl (C=O) groups excluding carboxylic acids is 1. The molecular formula is C12H13FO3. The predicted molar refractivity (Wildman–Crippen MR) is 56.9 cm³/mol. The summed E-state index contributed by atoms with van der Waals surface area (Å²) >= 11 is 0. The lowest BCUT2D eigenvalue weighted by Crippen LogP contribution is -2.26. The number of rotatable bonds is 4. The van der Waals surface area contributed by atoms with Crippen LogP contribution in [0.3, 0.4) is 0 Å². The maximum atomic E-state index is 13.0. The normalized spacial score (nSPS) is 11.2. The zero-order valence-corrected chi connectivity index (χ0v) is 9.16. The molecule has 0 spiro atoms. The summed E-state index contributed by atoms with van der Waals surface area (Å²) in [5.41, 5.74) is -0.274. The number of benzene rings is 1. The van der Waals surface area contributed by atoms with Crippen LogP contribution in [0.4, 0.5) is 4.39 Å². The van der Waals surface area contributed by atoms with Crippen LogP contribution >= 0.6 is 0 Å². The van der Waals surface area contributed by atoms with Gasteiger partial charge in [0.05, 0.1) is 5.41 Å². The van der Waals surface area contributed by atoms with Crippen molar-refractivity contribution in [2.75, 3.05) is 0 Å². The molecule has 0 heterocycles. The Morgan fingerprint density at radius 1 is 1.50 bits per heavy atom. The average Bonchev–Trinajstić information content (AvgIpc) is 2.17. The number of hydrogen-bond donors (Lipinski definition) is 1. The highest BCUT2D eigenvalue weighted by Gasteiger charge is 2.28. The third kappa shape index (κ3) is 2.66. The molecule has 4 heteroatoms. The molecule has 1 N–H and O–H groups in total. The molecule has 16 heavy (non-hydrogen) atoms. The minimum Gasteiger partial charge on any atom is -0.481 e. The second-order valence-corrected chi connectivity index (χ2v) is 4.33. The molecule has 0 fully saturated rings. The van der Waals surface area contributed by atoms with E-state index in [2.05, 4.69) is 0 Å². The molecule has 1 rings (SSSR count). The molecule has 0 aliphatic carbocycles. The number of carboxylic acids is 1. The molecule has 0 aromatic heterocycles. The van der Waals surface area contributed by atoms with Gasteiger partial charge in [-0.15, -0.1) is 0 Å². The molecule has 1 aromatic carbocycles. The van der Waals surface area contributed by atoms with Gasteiger partial charge in [0.25, 0.3) is 0 Å². The minimum absolute atomic E-state index is 0.119. The quantitative estimate of drug-likeness (QED) is 0.798. The Bertz CT molecular complexity index is 424. The van der Waals surface area contributed by atoms with E-state index in [9.17, 15) is 14.0 Å². The van der Waals surface area contributed by atoms with Gasteiger partial charge in [-0.25, -0.2) is 4.39 Å². The van der Waals surface area contributed by atoms with E-state index < -0.39 is 17.2 Å². The molecule has 1 aromatic rings. The van der Waals surface area contributed by atoms with Gasteiger partial charge in [0, 0.05) is 5.56 Å². The van der Waals surface area contributed by atoms with Crippen molar-refractivity contribution in [1.82, 2.24) is 0 Å². The summed E-state index contributed by atoms with van der Waals surface area (Å²) in [7, 11) is 0. The monoisotopic (exact) mass is 224 g/mol. The lowest BCUT2D eigenvalue weighted by atomic mass is 9.84. The van der Waals surface area contributed by atoms with Crippen molar-refractivity contribution in [3.8, 4) is 0 Å². The standard InChI is InChI=1S/C12H13FO3/c1-12(2,11(15)16)6-9-5-10(13)4-3-8(9)7-14/h3-5,7H,6H2,1-2H3,(H,15,16). The highest BCUT2D eigenvalue weighted by atomic mass is 19.1. The summed E-state index contributed by atoms with van der Waals surface area (Å²) < 4.78 is 13.0. The van der Waals surface area contributed by atoms with Gasteiger partial charge >= 0.3 is 5.97 Å². The van der Waals surface area contributed by atoms with Crippen LogP contribution in [0.5, 0.6) is 0 Å². The number of aliphatic carboxylic acids is 1. The van der Waals surface area contributed by atoms with E-state index in [0.717, 1.165) is 0 Å². The molecule has 0 unspecified atom stereocenters. The summed E-state index contributed by atoms with van der Waals surface area (Å²) in [5, 5.41) is 8.95. The van der Waals surface area contributed by atoms with E-state index in [1.165, 1.54) is 32.0 Å². The van der Waals surface area contributed by atoms with Crippen LogP contribution in [-0.4, -0.2) is 17.4 Å². The molecule has 86 valence electrons. The first kappa shape index (κ1) is 12.4. The van der Waals surface area contributed by atoms with Crippen LogP contribution in [0.2, 0.25) is 0 Å². The van der Waals surface area contributed by atoms with Crippen LogP contribution < -0.4 is 0 Å². The first-order valence-electron chi connectivity index (χ1n) is 4.84. The number of halogens is 1. The SMILES string of the molecule is CC(C)(Cc1cc(F)ccc1C=O)C(=O)O. The molecule has 0 saturated carbocycles. The van der Waals surface area contributed by atoms with Crippen LogP contribution in [0.25, 0.3) is 0 Å². The van der Waals surface area contributed by atoms with Gasteiger partial charge in [-0.05, 0) is 44.0 Å². The third-order valence-electron chi connectivity index (χ3n) is 2.44. The number of hydrogen-bond acceptors (Lipinski definition) is 2. The zero-order valence-electron chi connectivity index (χ0n) is 9.16. The van der Waals surface area contributed by atoms with E-state index >= 15 is 0 Å². The van der Waals surface area contributed by atoms with Crippen molar-refractivity contribution in [3.63, 3.8) is 0 Å². The largest absolute Gasteiger partial charge is 0.481 e. The molecule has 3 nitrogen and oxygen atoms in total. The Morgan fingerprint density at radius 3 is 2.62 bits per heavy atom. The van der Waals surface area contributed by atoms with Crippen molar-refractivity contribution in [2.45, 2.75) is 20.3 Å². The van der Waals surface area contributed by atoms with E-state index in [1.54, 1.807) is 0 Å². The lowest BCUT2D eigenvalue weighted by molar-refractivity contribution is -0.146. The Balaban J connectivity index is 3.09. The summed E-state index contributed by atoms with van der Waals surface area (Å²) in [5.74, 6) is -1.45. The Morgan fingerprint density at radius 2 is 2.12 bits per heavy atom. The van der Waals surface area contributed by atoms with Crippen molar-refractivity contribution in [1.29, 1.82) is 0 Å². The smallest absolute Gasteiger partial charge is 0.309 e. The van der Waals surface area contributed by atoms with Gasteiger partial charge in [0.15, 0.2) is 0 Å². The fourth-order valence-electron chi connectivity index (χ4n) is 1.39. The Hall–Kier alpha value is -1.71. The van der Waals surface area contributed by atoms with E-state index in [-0.39, 0.29) is 6.42 Å². The highest BCUT2D eigenvalue weighted by molar-refractivity contribution is 5.79. The van der Waals surface area contributed by atoms with Gasteiger partial charge in [0.2, 0.25) is 0 Å². The van der Waals surface area contributed by atoms with Gasteiger partial charge in [-0.3, -0.25) is 9.59 Å². The lowest BCUT2D eigenvalue weighted by Gasteiger charge is -2.19. The molecule has 0 amide bonds. The molecule has 0 atom stereocenters. The topological polar surface area (TPSA) is 54.4 Å². The molecule has 0 aliphatic heterocycles. The summed E-state index contributed by atoms with van der Waals surface area (Å²) in [6.07, 6.45) is 0.723. The summed E-state index contributed by atoms with van der Waals surface area (Å²) in [6, 6.07) is 3.74. The second-order valence-electron chi connectivity index (χ2n) is 4.33. The van der Waals surface area contributed by atoms with Crippen LogP contribution in [0, 0.1) is 11.2 Å². The van der Waals surface area contributed by atoms with Crippen LogP contribution in [0.15, 0.2) is 18.2 Å². The maximum absolute atomic E-state index is 13.0. The molecule has 0 bridgehead atoms. The van der Waals surface area contributed by atoms with Crippen LogP contribution in [-0.2, 0) is 11.2 Å². The van der Waals surface area contributed by atoms with E-state index in [0.29, 0.717) is 17.4 Å². The summed E-state index contributed by atoms with van der Waals surface area (Å²) in [4.78, 5) is 21.7. The van der Waals surface area contributed by atoms with Gasteiger partial charge in [-0.2, -0.15) is 0 Å². The third-order valence-corrected chi connectivity index (χ3v) is 2.44. The number of carboxylic acid groups (broad SMARTS) is 1. The van der Waals surface area contributed by atoms with Crippen LogP contribution in [0.1, 0.15) is 29.8 Å². The molecular weight excluding hydrogens is 211 g/mol. The van der Waals surface area contributed by atoms with Crippen molar-refractivity contribution < 1.29 is 19.1 Å².